The standard InChI is InChI=1S/C19H18N4O3/c20-19-22-16(12-17(23-19)26-15-4-2-1-3-5-15)13-6-8-14(9-7-13)18(25)21-10-11-24/h1-9,12,24H,10-11H2,(H,21,25)(H2,20,22,23). The Morgan fingerprint density at radius 2 is 1.81 bits per heavy atom. The van der Waals surface area contributed by atoms with E-state index in [0.29, 0.717) is 22.9 Å². The summed E-state index contributed by atoms with van der Waals surface area (Å²) in [4.78, 5) is 20.2. The van der Waals surface area contributed by atoms with Crippen molar-refractivity contribution in [3.8, 4) is 22.9 Å². The van der Waals surface area contributed by atoms with Crippen molar-refractivity contribution in [1.82, 2.24) is 15.3 Å². The van der Waals surface area contributed by atoms with E-state index in [4.69, 9.17) is 15.6 Å². The number of nitrogens with two attached hydrogens (primary N) is 1. The zero-order valence-electron chi connectivity index (χ0n) is 13.9. The SMILES string of the molecule is Nc1nc(Oc2ccccc2)cc(-c2ccc(C(=O)NCCO)cc2)n1. The first kappa shape index (κ1) is 17.4. The lowest BCUT2D eigenvalue weighted by atomic mass is 10.1. The average molecular weight is 350 g/mol. The second-order valence-corrected chi connectivity index (χ2v) is 5.42. The number of para-hydroxylation sites is 1. The molecule has 0 atom stereocenters. The van der Waals surface area contributed by atoms with E-state index >= 15 is 0 Å². The van der Waals surface area contributed by atoms with Crippen LogP contribution in [0.5, 0.6) is 11.6 Å². The zero-order chi connectivity index (χ0) is 18.4. The molecule has 0 unspecified atom stereocenters. The molecule has 2 aromatic carbocycles. The van der Waals surface area contributed by atoms with E-state index in [0.717, 1.165) is 5.56 Å². The van der Waals surface area contributed by atoms with Crippen molar-refractivity contribution in [2.75, 3.05) is 18.9 Å². The van der Waals surface area contributed by atoms with Crippen molar-refractivity contribution >= 4 is 11.9 Å². The van der Waals surface area contributed by atoms with Crippen molar-refractivity contribution in [1.29, 1.82) is 0 Å². The second kappa shape index (κ2) is 8.09. The fourth-order valence-corrected chi connectivity index (χ4v) is 2.32. The molecule has 0 aliphatic heterocycles. The molecule has 7 heteroatoms. The highest BCUT2D eigenvalue weighted by molar-refractivity contribution is 5.94. The van der Waals surface area contributed by atoms with E-state index in [2.05, 4.69) is 15.3 Å². The van der Waals surface area contributed by atoms with E-state index < -0.39 is 0 Å². The van der Waals surface area contributed by atoms with Gasteiger partial charge in [-0.25, -0.2) is 4.98 Å². The van der Waals surface area contributed by atoms with Gasteiger partial charge in [0.2, 0.25) is 11.8 Å². The van der Waals surface area contributed by atoms with Gasteiger partial charge in [-0.3, -0.25) is 4.79 Å². The molecule has 0 aliphatic rings. The van der Waals surface area contributed by atoms with Gasteiger partial charge in [-0.2, -0.15) is 4.98 Å². The topological polar surface area (TPSA) is 110 Å². The number of nitrogen functional groups attached to an aromatic ring is 1. The molecule has 132 valence electrons. The Morgan fingerprint density at radius 3 is 2.50 bits per heavy atom. The molecular weight excluding hydrogens is 332 g/mol. The number of benzene rings is 2. The summed E-state index contributed by atoms with van der Waals surface area (Å²) >= 11 is 0. The quantitative estimate of drug-likeness (QED) is 0.629. The van der Waals surface area contributed by atoms with Crippen LogP contribution in [0.4, 0.5) is 5.95 Å². The van der Waals surface area contributed by atoms with Gasteiger partial charge in [0.1, 0.15) is 5.75 Å². The van der Waals surface area contributed by atoms with Crippen LogP contribution >= 0.6 is 0 Å². The fraction of sp³-hybridized carbons (Fsp3) is 0.105. The van der Waals surface area contributed by atoms with Gasteiger partial charge in [-0.1, -0.05) is 30.3 Å². The fourth-order valence-electron chi connectivity index (χ4n) is 2.32. The maximum absolute atomic E-state index is 11.9. The van der Waals surface area contributed by atoms with Gasteiger partial charge in [-0.05, 0) is 24.3 Å². The Hall–Kier alpha value is -3.45. The molecule has 0 aliphatic carbocycles. The van der Waals surface area contributed by atoms with Crippen molar-refractivity contribution in [3.63, 3.8) is 0 Å². The Labute approximate surface area is 150 Å². The Morgan fingerprint density at radius 1 is 1.08 bits per heavy atom. The lowest BCUT2D eigenvalue weighted by Gasteiger charge is -2.08. The van der Waals surface area contributed by atoms with Gasteiger partial charge in [-0.15, -0.1) is 0 Å². The Balaban J connectivity index is 1.81. The van der Waals surface area contributed by atoms with Crippen LogP contribution in [0.2, 0.25) is 0 Å². The summed E-state index contributed by atoms with van der Waals surface area (Å²) in [5.41, 5.74) is 7.65. The van der Waals surface area contributed by atoms with Crippen LogP contribution in [-0.4, -0.2) is 34.1 Å². The highest BCUT2D eigenvalue weighted by atomic mass is 16.5. The van der Waals surface area contributed by atoms with E-state index in [1.54, 1.807) is 30.3 Å². The molecule has 3 rings (SSSR count). The van der Waals surface area contributed by atoms with Gasteiger partial charge in [0.15, 0.2) is 0 Å². The minimum atomic E-state index is -0.249. The minimum absolute atomic E-state index is 0.0956. The van der Waals surface area contributed by atoms with Gasteiger partial charge in [0.25, 0.3) is 5.91 Å². The number of carbonyl (C=O) groups excluding carboxylic acids is 1. The molecule has 4 N–H and O–H groups in total. The number of nitrogens with zero attached hydrogens (tertiary/aromatic N) is 2. The molecule has 3 aromatic rings. The van der Waals surface area contributed by atoms with Gasteiger partial charge < -0.3 is 20.9 Å². The van der Waals surface area contributed by atoms with Gasteiger partial charge >= 0.3 is 0 Å². The minimum Gasteiger partial charge on any atom is -0.439 e. The summed E-state index contributed by atoms with van der Waals surface area (Å²) in [7, 11) is 0. The summed E-state index contributed by atoms with van der Waals surface area (Å²) in [5, 5.41) is 11.4. The van der Waals surface area contributed by atoms with E-state index in [1.165, 1.54) is 0 Å². The highest BCUT2D eigenvalue weighted by Crippen LogP contribution is 2.25. The molecule has 26 heavy (non-hydrogen) atoms. The predicted octanol–water partition coefficient (Wildman–Crippen LogP) is 2.24. The number of rotatable bonds is 6. The number of hydrogen-bond acceptors (Lipinski definition) is 6. The average Bonchev–Trinajstić information content (AvgIpc) is 2.66. The van der Waals surface area contributed by atoms with Crippen LogP contribution in [0.15, 0.2) is 60.7 Å². The van der Waals surface area contributed by atoms with Crippen LogP contribution in [-0.2, 0) is 0 Å². The highest BCUT2D eigenvalue weighted by Gasteiger charge is 2.09. The zero-order valence-corrected chi connectivity index (χ0v) is 13.9. The van der Waals surface area contributed by atoms with Crippen LogP contribution in [0, 0.1) is 0 Å². The number of aliphatic hydroxyl groups is 1. The number of ether oxygens (including phenoxy) is 1. The molecule has 0 bridgehead atoms. The number of aromatic nitrogens is 2. The molecule has 0 fully saturated rings. The summed E-state index contributed by atoms with van der Waals surface area (Å²) in [6.07, 6.45) is 0. The molecule has 0 saturated heterocycles. The van der Waals surface area contributed by atoms with Crippen molar-refractivity contribution in [2.45, 2.75) is 0 Å². The third-order valence-corrected chi connectivity index (χ3v) is 3.53. The molecule has 1 heterocycles. The molecule has 0 spiro atoms. The third-order valence-electron chi connectivity index (χ3n) is 3.53. The summed E-state index contributed by atoms with van der Waals surface area (Å²) in [6.45, 7) is 0.109. The van der Waals surface area contributed by atoms with E-state index in [9.17, 15) is 4.79 Å². The second-order valence-electron chi connectivity index (χ2n) is 5.42. The molecule has 1 amide bonds. The monoisotopic (exact) mass is 350 g/mol. The van der Waals surface area contributed by atoms with Crippen LogP contribution < -0.4 is 15.8 Å². The first-order chi connectivity index (χ1) is 12.7. The third kappa shape index (κ3) is 4.34. The molecule has 0 saturated carbocycles. The number of aliphatic hydroxyl groups excluding tert-OH is 1. The number of hydrogen-bond donors (Lipinski definition) is 3. The summed E-state index contributed by atoms with van der Waals surface area (Å²) in [6, 6.07) is 17.8. The van der Waals surface area contributed by atoms with Crippen LogP contribution in [0.3, 0.4) is 0 Å². The van der Waals surface area contributed by atoms with Crippen LogP contribution in [0.25, 0.3) is 11.3 Å². The molecule has 0 radical (unpaired) electrons. The predicted molar refractivity (Wildman–Crippen MR) is 97.8 cm³/mol. The molecular formula is C19H18N4O3. The number of amides is 1. The smallest absolute Gasteiger partial charge is 0.251 e. The molecule has 7 nitrogen and oxygen atoms in total. The Kier molecular flexibility index (Phi) is 5.40. The lowest BCUT2D eigenvalue weighted by molar-refractivity contribution is 0.0945. The number of carbonyl (C=O) groups is 1. The largest absolute Gasteiger partial charge is 0.439 e. The van der Waals surface area contributed by atoms with E-state index in [-0.39, 0.29) is 25.0 Å². The first-order valence-electron chi connectivity index (χ1n) is 8.02. The lowest BCUT2D eigenvalue weighted by Crippen LogP contribution is -2.26. The maximum atomic E-state index is 11.9. The van der Waals surface area contributed by atoms with Gasteiger partial charge in [0.05, 0.1) is 12.3 Å². The van der Waals surface area contributed by atoms with Crippen molar-refractivity contribution in [2.24, 2.45) is 0 Å². The van der Waals surface area contributed by atoms with E-state index in [1.807, 2.05) is 30.3 Å². The molecule has 1 aromatic heterocycles. The first-order valence-corrected chi connectivity index (χ1v) is 8.02. The van der Waals surface area contributed by atoms with Crippen molar-refractivity contribution in [3.05, 3.63) is 66.2 Å². The Bertz CT molecular complexity index is 883. The maximum Gasteiger partial charge on any atom is 0.251 e. The van der Waals surface area contributed by atoms with Gasteiger partial charge in [0, 0.05) is 23.7 Å². The summed E-state index contributed by atoms with van der Waals surface area (Å²) in [5.74, 6) is 0.829. The normalized spacial score (nSPS) is 10.3. The number of anilines is 1. The van der Waals surface area contributed by atoms with Crippen LogP contribution in [0.1, 0.15) is 10.4 Å². The van der Waals surface area contributed by atoms with Crippen molar-refractivity contribution < 1.29 is 14.6 Å². The number of nitrogens with one attached hydrogen (secondary N) is 1. The summed E-state index contributed by atoms with van der Waals surface area (Å²) < 4.78 is 5.71.